The molecule has 0 amide bonds. The lowest BCUT2D eigenvalue weighted by Gasteiger charge is -2.39. The summed E-state index contributed by atoms with van der Waals surface area (Å²) in [6.07, 6.45) is 40.9. The summed E-state index contributed by atoms with van der Waals surface area (Å²) < 4.78 is 22.1. The summed E-state index contributed by atoms with van der Waals surface area (Å²) in [5.74, 6) is -0.859. The van der Waals surface area contributed by atoms with E-state index in [2.05, 4.69) is 74.6 Å². The SMILES string of the molecule is CC/C=C/C/C=C/C/C=C/C/C=C/CCCCC(=O)OC[C@H](CO[C@@H]1O[C@H](CO)[C@H](O)C(O)C1O)OC(=O)CCCCCCCCCCC/C=C/CCCCCCCC. The average molecular weight is 833 g/mol. The monoisotopic (exact) mass is 833 g/mol. The van der Waals surface area contributed by atoms with Gasteiger partial charge in [0.2, 0.25) is 0 Å². The van der Waals surface area contributed by atoms with Crippen molar-refractivity contribution in [3.05, 3.63) is 60.8 Å². The summed E-state index contributed by atoms with van der Waals surface area (Å²) in [6.45, 7) is 3.26. The van der Waals surface area contributed by atoms with E-state index in [-0.39, 0.29) is 26.1 Å². The van der Waals surface area contributed by atoms with Gasteiger partial charge < -0.3 is 39.4 Å². The van der Waals surface area contributed by atoms with Crippen LogP contribution >= 0.6 is 0 Å². The van der Waals surface area contributed by atoms with E-state index >= 15 is 0 Å². The Balaban J connectivity index is 2.33. The van der Waals surface area contributed by atoms with Crippen LogP contribution in [-0.2, 0) is 28.5 Å². The first kappa shape index (κ1) is 54.4. The molecule has 1 saturated heterocycles. The van der Waals surface area contributed by atoms with Crippen molar-refractivity contribution in [2.45, 2.75) is 218 Å². The van der Waals surface area contributed by atoms with E-state index in [0.717, 1.165) is 57.8 Å². The third-order valence-corrected chi connectivity index (χ3v) is 10.4. The van der Waals surface area contributed by atoms with Gasteiger partial charge >= 0.3 is 11.9 Å². The van der Waals surface area contributed by atoms with Crippen molar-refractivity contribution in [1.29, 1.82) is 0 Å². The maximum atomic E-state index is 12.8. The van der Waals surface area contributed by atoms with E-state index < -0.39 is 55.4 Å². The molecule has 0 bridgehead atoms. The number of carbonyl (C=O) groups excluding carboxylic acids is 2. The molecule has 0 aromatic heterocycles. The molecular formula is C49H84O10. The Kier molecular flexibility index (Phi) is 36.5. The fourth-order valence-electron chi connectivity index (χ4n) is 6.70. The van der Waals surface area contributed by atoms with Crippen LogP contribution in [0.2, 0.25) is 0 Å². The van der Waals surface area contributed by atoms with Crippen LogP contribution < -0.4 is 0 Å². The lowest BCUT2D eigenvalue weighted by molar-refractivity contribution is -0.305. The van der Waals surface area contributed by atoms with Crippen molar-refractivity contribution in [1.82, 2.24) is 0 Å². The number of hydrogen-bond acceptors (Lipinski definition) is 10. The fourth-order valence-corrected chi connectivity index (χ4v) is 6.70. The Morgan fingerprint density at radius 1 is 0.542 bits per heavy atom. The van der Waals surface area contributed by atoms with E-state index in [1.807, 2.05) is 0 Å². The van der Waals surface area contributed by atoms with E-state index in [4.69, 9.17) is 18.9 Å². The van der Waals surface area contributed by atoms with E-state index in [0.29, 0.717) is 12.8 Å². The molecule has 1 heterocycles. The highest BCUT2D eigenvalue weighted by Crippen LogP contribution is 2.22. The highest BCUT2D eigenvalue weighted by atomic mass is 16.7. The molecule has 340 valence electrons. The highest BCUT2D eigenvalue weighted by Gasteiger charge is 2.44. The smallest absolute Gasteiger partial charge is 0.306 e. The van der Waals surface area contributed by atoms with Crippen molar-refractivity contribution >= 4 is 11.9 Å². The van der Waals surface area contributed by atoms with Gasteiger partial charge in [-0.15, -0.1) is 0 Å². The zero-order valence-corrected chi connectivity index (χ0v) is 37.0. The molecule has 1 fully saturated rings. The first-order chi connectivity index (χ1) is 28.8. The molecule has 1 aliphatic rings. The predicted octanol–water partition coefficient (Wildman–Crippen LogP) is 10.2. The van der Waals surface area contributed by atoms with E-state index in [1.165, 1.54) is 83.5 Å². The van der Waals surface area contributed by atoms with Crippen molar-refractivity contribution < 1.29 is 49.0 Å². The topological polar surface area (TPSA) is 152 Å². The van der Waals surface area contributed by atoms with E-state index in [9.17, 15) is 30.0 Å². The second-order valence-corrected chi connectivity index (χ2v) is 15.8. The molecule has 59 heavy (non-hydrogen) atoms. The zero-order valence-electron chi connectivity index (χ0n) is 37.0. The molecule has 10 heteroatoms. The van der Waals surface area contributed by atoms with Crippen molar-refractivity contribution in [3.8, 4) is 0 Å². The second-order valence-electron chi connectivity index (χ2n) is 15.8. The molecule has 0 aromatic rings. The van der Waals surface area contributed by atoms with Crippen LogP contribution in [0, 0.1) is 0 Å². The van der Waals surface area contributed by atoms with Crippen LogP contribution in [0.25, 0.3) is 0 Å². The van der Waals surface area contributed by atoms with Crippen LogP contribution in [0.5, 0.6) is 0 Å². The number of esters is 2. The molecule has 0 radical (unpaired) electrons. The number of unbranched alkanes of at least 4 members (excludes halogenated alkanes) is 17. The number of ether oxygens (including phenoxy) is 4. The summed E-state index contributed by atoms with van der Waals surface area (Å²) in [7, 11) is 0. The minimum Gasteiger partial charge on any atom is -0.462 e. The number of aliphatic hydroxyl groups is 4. The zero-order chi connectivity index (χ0) is 43.0. The quantitative estimate of drug-likeness (QED) is 0.0269. The van der Waals surface area contributed by atoms with Gasteiger partial charge in [-0.3, -0.25) is 9.59 Å². The molecule has 2 unspecified atom stereocenters. The van der Waals surface area contributed by atoms with Gasteiger partial charge in [0.15, 0.2) is 12.4 Å². The molecule has 1 aliphatic heterocycles. The summed E-state index contributed by atoms with van der Waals surface area (Å²) in [4.78, 5) is 25.3. The van der Waals surface area contributed by atoms with Crippen molar-refractivity contribution in [3.63, 3.8) is 0 Å². The third kappa shape index (κ3) is 31.0. The normalized spacial score (nSPS) is 20.5. The summed E-state index contributed by atoms with van der Waals surface area (Å²) in [5, 5.41) is 40.1. The van der Waals surface area contributed by atoms with Gasteiger partial charge in [-0.05, 0) is 77.0 Å². The molecule has 0 aromatic carbocycles. The average Bonchev–Trinajstić information content (AvgIpc) is 3.23. The maximum Gasteiger partial charge on any atom is 0.306 e. The maximum absolute atomic E-state index is 12.8. The van der Waals surface area contributed by atoms with E-state index in [1.54, 1.807) is 0 Å². The molecule has 0 aliphatic carbocycles. The molecule has 4 N–H and O–H groups in total. The van der Waals surface area contributed by atoms with Crippen LogP contribution in [-0.4, -0.2) is 89.0 Å². The number of allylic oxidation sites excluding steroid dienone is 10. The standard InChI is InChI=1S/C49H84O10/c1-3-5-7-9-11-13-15-17-19-20-21-22-24-26-28-30-32-34-36-38-45(52)58-42(41-57-49-48(55)47(54)46(53)43(39-50)59-49)40-56-44(51)37-35-33-31-29-27-25-23-18-16-14-12-10-8-6-4-2/h6,8,12,14,17-19,23,27,29,42-43,46-50,53-55H,3-5,7,9-11,13,15-16,20-22,24-26,28,30-41H2,1-2H3/b8-6+,14-12+,19-17+,23-18+,29-27+/t42-,43-,46+,47?,48?,49-/m1/s1. The minimum atomic E-state index is -1.60. The number of hydrogen-bond donors (Lipinski definition) is 4. The third-order valence-electron chi connectivity index (χ3n) is 10.4. The van der Waals surface area contributed by atoms with Crippen molar-refractivity contribution in [2.24, 2.45) is 0 Å². The Morgan fingerprint density at radius 3 is 1.56 bits per heavy atom. The van der Waals surface area contributed by atoms with Crippen molar-refractivity contribution in [2.75, 3.05) is 19.8 Å². The Bertz CT molecular complexity index is 1150. The number of rotatable bonds is 38. The number of carbonyl (C=O) groups is 2. The molecule has 6 atom stereocenters. The fraction of sp³-hybridized carbons (Fsp3) is 0.755. The Labute approximate surface area is 358 Å². The summed E-state index contributed by atoms with van der Waals surface area (Å²) in [6, 6.07) is 0. The molecule has 10 nitrogen and oxygen atoms in total. The van der Waals surface area contributed by atoms with Gasteiger partial charge in [-0.1, -0.05) is 152 Å². The summed E-state index contributed by atoms with van der Waals surface area (Å²) >= 11 is 0. The first-order valence-corrected chi connectivity index (χ1v) is 23.4. The van der Waals surface area contributed by atoms with Gasteiger partial charge in [-0.2, -0.15) is 0 Å². The van der Waals surface area contributed by atoms with Gasteiger partial charge in [0.1, 0.15) is 31.0 Å². The predicted molar refractivity (Wildman–Crippen MR) is 238 cm³/mol. The Hall–Kier alpha value is -2.60. The largest absolute Gasteiger partial charge is 0.462 e. The minimum absolute atomic E-state index is 0.216. The van der Waals surface area contributed by atoms with Gasteiger partial charge in [0, 0.05) is 12.8 Å². The van der Waals surface area contributed by atoms with Crippen LogP contribution in [0.3, 0.4) is 0 Å². The second kappa shape index (κ2) is 39.5. The van der Waals surface area contributed by atoms with Gasteiger partial charge in [0.25, 0.3) is 0 Å². The van der Waals surface area contributed by atoms with Gasteiger partial charge in [0.05, 0.1) is 13.2 Å². The molecule has 0 saturated carbocycles. The lowest BCUT2D eigenvalue weighted by Crippen LogP contribution is -2.59. The molecule has 0 spiro atoms. The van der Waals surface area contributed by atoms with Crippen LogP contribution in [0.1, 0.15) is 181 Å². The van der Waals surface area contributed by atoms with Gasteiger partial charge in [-0.25, -0.2) is 0 Å². The highest BCUT2D eigenvalue weighted by molar-refractivity contribution is 5.70. The molecule has 1 rings (SSSR count). The Morgan fingerprint density at radius 2 is 1.00 bits per heavy atom. The summed E-state index contributed by atoms with van der Waals surface area (Å²) in [5.41, 5.74) is 0. The number of aliphatic hydroxyl groups excluding tert-OH is 4. The van der Waals surface area contributed by atoms with Crippen LogP contribution in [0.4, 0.5) is 0 Å². The first-order valence-electron chi connectivity index (χ1n) is 23.4. The molecular weight excluding hydrogens is 749 g/mol. The van der Waals surface area contributed by atoms with Crippen LogP contribution in [0.15, 0.2) is 60.8 Å². The lowest BCUT2D eigenvalue weighted by atomic mass is 9.99.